The van der Waals surface area contributed by atoms with Crippen LogP contribution in [-0.4, -0.2) is 54.6 Å². The molecule has 1 aliphatic carbocycles. The van der Waals surface area contributed by atoms with E-state index in [1.165, 1.54) is 7.11 Å². The van der Waals surface area contributed by atoms with Crippen LogP contribution in [0.5, 0.6) is 0 Å². The fourth-order valence-electron chi connectivity index (χ4n) is 4.52. The molecule has 0 unspecified atom stereocenters. The first-order valence-electron chi connectivity index (χ1n) is 9.30. The van der Waals surface area contributed by atoms with Gasteiger partial charge in [-0.15, -0.1) is 0 Å². The number of rotatable bonds is 2. The van der Waals surface area contributed by atoms with Crippen LogP contribution in [0.25, 0.3) is 0 Å². The zero-order valence-electron chi connectivity index (χ0n) is 14.8. The van der Waals surface area contributed by atoms with Crippen molar-refractivity contribution >= 4 is 12.0 Å². The van der Waals surface area contributed by atoms with E-state index in [9.17, 15) is 9.59 Å². The number of carbonyl (C=O) groups is 2. The Morgan fingerprint density at radius 3 is 2.44 bits per heavy atom. The lowest BCUT2D eigenvalue weighted by Crippen LogP contribution is -2.55. The fourth-order valence-corrected chi connectivity index (χ4v) is 4.52. The SMILES string of the molecule is COC(=O)N1CCC2(CC1)C[C@H](c1ccccc1)C(=O)N(C1CC1)C2. The zero-order chi connectivity index (χ0) is 17.4. The van der Waals surface area contributed by atoms with Crippen molar-refractivity contribution in [1.29, 1.82) is 0 Å². The maximum absolute atomic E-state index is 13.1. The molecule has 4 rings (SSSR count). The van der Waals surface area contributed by atoms with Gasteiger partial charge in [0.05, 0.1) is 13.0 Å². The van der Waals surface area contributed by atoms with E-state index in [4.69, 9.17) is 4.74 Å². The molecular weight excluding hydrogens is 316 g/mol. The van der Waals surface area contributed by atoms with Gasteiger partial charge >= 0.3 is 6.09 Å². The number of piperidine rings is 2. The quantitative estimate of drug-likeness (QED) is 0.830. The second-order valence-electron chi connectivity index (χ2n) is 7.82. The second kappa shape index (κ2) is 6.36. The number of ether oxygens (including phenoxy) is 1. The summed E-state index contributed by atoms with van der Waals surface area (Å²) in [5.74, 6) is 0.259. The van der Waals surface area contributed by atoms with E-state index < -0.39 is 0 Å². The molecule has 1 saturated carbocycles. The van der Waals surface area contributed by atoms with Gasteiger partial charge in [0, 0.05) is 25.7 Å². The molecule has 1 aromatic carbocycles. The van der Waals surface area contributed by atoms with Crippen molar-refractivity contribution in [3.63, 3.8) is 0 Å². The van der Waals surface area contributed by atoms with Crippen molar-refractivity contribution in [3.05, 3.63) is 35.9 Å². The highest BCUT2D eigenvalue weighted by atomic mass is 16.5. The summed E-state index contributed by atoms with van der Waals surface area (Å²) in [5.41, 5.74) is 1.26. The van der Waals surface area contributed by atoms with Gasteiger partial charge in [0.2, 0.25) is 5.91 Å². The van der Waals surface area contributed by atoms with Crippen molar-refractivity contribution in [2.75, 3.05) is 26.7 Å². The molecule has 0 aromatic heterocycles. The number of likely N-dealkylation sites (tertiary alicyclic amines) is 2. The molecule has 5 nitrogen and oxygen atoms in total. The van der Waals surface area contributed by atoms with Gasteiger partial charge < -0.3 is 14.5 Å². The van der Waals surface area contributed by atoms with E-state index in [0.717, 1.165) is 57.3 Å². The monoisotopic (exact) mass is 342 g/mol. The van der Waals surface area contributed by atoms with Gasteiger partial charge in [0.15, 0.2) is 0 Å². The number of carbonyl (C=O) groups excluding carboxylic acids is 2. The van der Waals surface area contributed by atoms with E-state index >= 15 is 0 Å². The molecule has 0 radical (unpaired) electrons. The molecular formula is C20H26N2O3. The lowest BCUT2D eigenvalue weighted by atomic mass is 9.67. The molecule has 1 aromatic rings. The van der Waals surface area contributed by atoms with Crippen LogP contribution in [0.3, 0.4) is 0 Å². The van der Waals surface area contributed by atoms with Gasteiger partial charge in [0.1, 0.15) is 0 Å². The maximum Gasteiger partial charge on any atom is 0.409 e. The summed E-state index contributed by atoms with van der Waals surface area (Å²) >= 11 is 0. The van der Waals surface area contributed by atoms with Crippen LogP contribution in [0.2, 0.25) is 0 Å². The topological polar surface area (TPSA) is 49.9 Å². The molecule has 3 aliphatic rings. The lowest BCUT2D eigenvalue weighted by Gasteiger charge is -2.49. The summed E-state index contributed by atoms with van der Waals surface area (Å²) in [4.78, 5) is 28.8. The summed E-state index contributed by atoms with van der Waals surface area (Å²) in [7, 11) is 1.44. The number of nitrogens with zero attached hydrogens (tertiary/aromatic N) is 2. The number of benzene rings is 1. The summed E-state index contributed by atoms with van der Waals surface area (Å²) in [6, 6.07) is 10.6. The zero-order valence-corrected chi connectivity index (χ0v) is 14.8. The van der Waals surface area contributed by atoms with Crippen LogP contribution < -0.4 is 0 Å². The largest absolute Gasteiger partial charge is 0.453 e. The van der Waals surface area contributed by atoms with Crippen molar-refractivity contribution in [1.82, 2.24) is 9.80 Å². The smallest absolute Gasteiger partial charge is 0.409 e. The molecule has 1 atom stereocenters. The Hall–Kier alpha value is -2.04. The summed E-state index contributed by atoms with van der Waals surface area (Å²) in [5, 5.41) is 0. The van der Waals surface area contributed by atoms with E-state index in [0.29, 0.717) is 11.9 Å². The van der Waals surface area contributed by atoms with Crippen LogP contribution in [0, 0.1) is 5.41 Å². The highest BCUT2D eigenvalue weighted by Gasteiger charge is 2.49. The van der Waals surface area contributed by atoms with Crippen molar-refractivity contribution in [2.24, 2.45) is 5.41 Å². The number of hydrogen-bond acceptors (Lipinski definition) is 3. The molecule has 5 heteroatoms. The molecule has 0 N–H and O–H groups in total. The highest BCUT2D eigenvalue weighted by molar-refractivity contribution is 5.85. The van der Waals surface area contributed by atoms with Crippen molar-refractivity contribution in [3.8, 4) is 0 Å². The number of methoxy groups -OCH3 is 1. The molecule has 2 aliphatic heterocycles. The van der Waals surface area contributed by atoms with Crippen LogP contribution in [-0.2, 0) is 9.53 Å². The van der Waals surface area contributed by atoms with Gasteiger partial charge in [-0.2, -0.15) is 0 Å². The van der Waals surface area contributed by atoms with Crippen molar-refractivity contribution in [2.45, 2.75) is 44.1 Å². The third-order valence-electron chi connectivity index (χ3n) is 6.17. The Morgan fingerprint density at radius 1 is 1.16 bits per heavy atom. The summed E-state index contributed by atoms with van der Waals surface area (Å²) in [6.45, 7) is 2.30. The third-order valence-corrected chi connectivity index (χ3v) is 6.17. The van der Waals surface area contributed by atoms with Crippen LogP contribution in [0.1, 0.15) is 43.6 Å². The van der Waals surface area contributed by atoms with Gasteiger partial charge in [-0.05, 0) is 43.1 Å². The van der Waals surface area contributed by atoms with Gasteiger partial charge in [-0.3, -0.25) is 4.79 Å². The normalized spacial score (nSPS) is 26.0. The number of amides is 2. The first-order valence-corrected chi connectivity index (χ1v) is 9.30. The molecule has 2 saturated heterocycles. The van der Waals surface area contributed by atoms with Gasteiger partial charge in [-0.1, -0.05) is 30.3 Å². The predicted molar refractivity (Wildman–Crippen MR) is 94.2 cm³/mol. The Labute approximate surface area is 148 Å². The van der Waals surface area contributed by atoms with Crippen LogP contribution in [0.15, 0.2) is 30.3 Å². The lowest BCUT2D eigenvalue weighted by molar-refractivity contribution is -0.142. The fraction of sp³-hybridized carbons (Fsp3) is 0.600. The molecule has 2 amide bonds. The highest BCUT2D eigenvalue weighted by Crippen LogP contribution is 2.48. The number of hydrogen-bond donors (Lipinski definition) is 0. The predicted octanol–water partition coefficient (Wildman–Crippen LogP) is 3.01. The minimum absolute atomic E-state index is 0.0415. The molecule has 2 heterocycles. The first-order chi connectivity index (χ1) is 12.1. The standard InChI is InChI=1S/C20H26N2O3/c1-25-19(24)21-11-9-20(10-12-21)13-17(15-5-3-2-4-6-15)18(23)22(14-20)16-7-8-16/h2-6,16-17H,7-14H2,1H3/t17-/m1/s1. The van der Waals surface area contributed by atoms with Crippen LogP contribution >= 0.6 is 0 Å². The minimum atomic E-state index is -0.236. The molecule has 0 bridgehead atoms. The molecule has 25 heavy (non-hydrogen) atoms. The Morgan fingerprint density at radius 2 is 1.84 bits per heavy atom. The van der Waals surface area contributed by atoms with Crippen molar-refractivity contribution < 1.29 is 14.3 Å². The second-order valence-corrected chi connectivity index (χ2v) is 7.82. The maximum atomic E-state index is 13.1. The van der Waals surface area contributed by atoms with Gasteiger partial charge in [-0.25, -0.2) is 4.79 Å². The van der Waals surface area contributed by atoms with Gasteiger partial charge in [0.25, 0.3) is 0 Å². The minimum Gasteiger partial charge on any atom is -0.453 e. The Bertz CT molecular complexity index is 648. The van der Waals surface area contributed by atoms with E-state index in [-0.39, 0.29) is 17.4 Å². The Balaban J connectivity index is 1.56. The molecule has 134 valence electrons. The first kappa shape index (κ1) is 16.4. The third kappa shape index (κ3) is 3.12. The molecule has 1 spiro atoms. The average Bonchev–Trinajstić information content (AvgIpc) is 3.49. The van der Waals surface area contributed by atoms with Crippen LogP contribution in [0.4, 0.5) is 4.79 Å². The van der Waals surface area contributed by atoms with E-state index in [1.54, 1.807) is 4.90 Å². The summed E-state index contributed by atoms with van der Waals surface area (Å²) < 4.78 is 4.86. The summed E-state index contributed by atoms with van der Waals surface area (Å²) in [6.07, 6.45) is 4.83. The Kier molecular flexibility index (Phi) is 4.18. The van der Waals surface area contributed by atoms with E-state index in [1.807, 2.05) is 18.2 Å². The van der Waals surface area contributed by atoms with E-state index in [2.05, 4.69) is 17.0 Å². The molecule has 3 fully saturated rings. The average molecular weight is 342 g/mol.